The molecule has 0 saturated heterocycles. The molecule has 2 atom stereocenters. The van der Waals surface area contributed by atoms with E-state index in [0.717, 1.165) is 45.9 Å². The summed E-state index contributed by atoms with van der Waals surface area (Å²) in [5.41, 5.74) is 5.75. The summed E-state index contributed by atoms with van der Waals surface area (Å²) in [5, 5.41) is 7.19. The molecule has 2 aliphatic rings. The first kappa shape index (κ1) is 21.9. The van der Waals surface area contributed by atoms with Crippen molar-refractivity contribution >= 4 is 17.2 Å². The number of Topliss-reactive ketones (excluding diaryl/α,β-unsaturated/α-hetero) is 1. The summed E-state index contributed by atoms with van der Waals surface area (Å²) in [6.45, 7) is 0. The molecular weight excluding hydrogens is 428 g/mol. The van der Waals surface area contributed by atoms with Crippen molar-refractivity contribution in [3.63, 3.8) is 0 Å². The maximum absolute atomic E-state index is 13.7. The van der Waals surface area contributed by atoms with Crippen molar-refractivity contribution in [1.82, 2.24) is 0 Å². The predicted octanol–water partition coefficient (Wildman–Crippen LogP) is 5.69. The molecule has 0 spiro atoms. The first-order chi connectivity index (χ1) is 16.6. The van der Waals surface area contributed by atoms with Crippen LogP contribution in [-0.4, -0.2) is 27.1 Å². The second-order valence-electron chi connectivity index (χ2n) is 8.56. The van der Waals surface area contributed by atoms with Crippen molar-refractivity contribution < 1.29 is 19.0 Å². The summed E-state index contributed by atoms with van der Waals surface area (Å²) in [6.07, 6.45) is 1.15. The molecule has 5 rings (SSSR count). The van der Waals surface area contributed by atoms with Crippen LogP contribution in [0, 0.1) is 0 Å². The largest absolute Gasteiger partial charge is 0.497 e. The van der Waals surface area contributed by atoms with Crippen molar-refractivity contribution in [1.29, 1.82) is 0 Å². The summed E-state index contributed by atoms with van der Waals surface area (Å²) >= 11 is 0. The van der Waals surface area contributed by atoms with Crippen molar-refractivity contribution in [3.05, 3.63) is 89.1 Å². The number of carbonyl (C=O) groups excluding carboxylic acids is 1. The van der Waals surface area contributed by atoms with Crippen LogP contribution in [0.5, 0.6) is 17.2 Å². The molecule has 0 aromatic heterocycles. The molecule has 6 heteroatoms. The van der Waals surface area contributed by atoms with Gasteiger partial charge in [0.2, 0.25) is 0 Å². The van der Waals surface area contributed by atoms with Gasteiger partial charge >= 0.3 is 0 Å². The molecule has 34 heavy (non-hydrogen) atoms. The van der Waals surface area contributed by atoms with Gasteiger partial charge in [0.05, 0.1) is 38.7 Å². The molecule has 2 N–H and O–H groups in total. The monoisotopic (exact) mass is 456 g/mol. The zero-order valence-electron chi connectivity index (χ0n) is 19.6. The number of allylic oxidation sites excluding steroid dienone is 1. The van der Waals surface area contributed by atoms with Crippen LogP contribution in [0.2, 0.25) is 0 Å². The number of para-hydroxylation sites is 2. The molecule has 0 fully saturated rings. The van der Waals surface area contributed by atoms with E-state index in [1.54, 1.807) is 21.3 Å². The van der Waals surface area contributed by atoms with Gasteiger partial charge in [-0.2, -0.15) is 0 Å². The molecular formula is C28H28N2O4. The summed E-state index contributed by atoms with van der Waals surface area (Å²) in [4.78, 5) is 13.7. The average Bonchev–Trinajstić information content (AvgIpc) is 3.05. The fraction of sp³-hybridized carbons (Fsp3) is 0.250. The highest BCUT2D eigenvalue weighted by molar-refractivity contribution is 6.01. The average molecular weight is 457 g/mol. The Bertz CT molecular complexity index is 1250. The Kier molecular flexibility index (Phi) is 5.88. The van der Waals surface area contributed by atoms with Crippen LogP contribution < -0.4 is 24.8 Å². The lowest BCUT2D eigenvalue weighted by Crippen LogP contribution is -2.26. The number of rotatable bonds is 5. The smallest absolute Gasteiger partial charge is 0.163 e. The van der Waals surface area contributed by atoms with E-state index in [2.05, 4.69) is 10.6 Å². The van der Waals surface area contributed by atoms with Gasteiger partial charge in [-0.15, -0.1) is 0 Å². The molecule has 3 aromatic rings. The zero-order chi connectivity index (χ0) is 23.7. The number of ketones is 1. The minimum atomic E-state index is -0.254. The maximum atomic E-state index is 13.7. The Morgan fingerprint density at radius 1 is 0.765 bits per heavy atom. The molecule has 6 nitrogen and oxygen atoms in total. The Morgan fingerprint density at radius 3 is 2.18 bits per heavy atom. The summed E-state index contributed by atoms with van der Waals surface area (Å²) < 4.78 is 16.2. The minimum Gasteiger partial charge on any atom is -0.497 e. The lowest BCUT2D eigenvalue weighted by molar-refractivity contribution is -0.116. The third-order valence-corrected chi connectivity index (χ3v) is 6.64. The normalized spacial score (nSPS) is 19.2. The molecule has 1 aliphatic carbocycles. The van der Waals surface area contributed by atoms with E-state index in [9.17, 15) is 4.79 Å². The number of methoxy groups -OCH3 is 3. The van der Waals surface area contributed by atoms with Gasteiger partial charge in [-0.3, -0.25) is 4.79 Å². The van der Waals surface area contributed by atoms with Crippen LogP contribution in [0.3, 0.4) is 0 Å². The van der Waals surface area contributed by atoms with Gasteiger partial charge in [-0.25, -0.2) is 0 Å². The standard InChI is InChI=1S/C28H28N2O4/c1-32-20-11-8-17(9-12-20)28-27-23(29-21-6-4-5-7-22(21)30-28)14-19(15-24(27)31)18-10-13-25(33-2)26(16-18)34-3/h4-13,16,19,28-30H,14-15H2,1-3H3. The quantitative estimate of drug-likeness (QED) is 0.514. The summed E-state index contributed by atoms with van der Waals surface area (Å²) in [7, 11) is 4.90. The van der Waals surface area contributed by atoms with Crippen molar-refractivity contribution in [3.8, 4) is 17.2 Å². The van der Waals surface area contributed by atoms with Crippen molar-refractivity contribution in [2.45, 2.75) is 24.8 Å². The number of fused-ring (bicyclic) bond motifs is 1. The Morgan fingerprint density at radius 2 is 1.47 bits per heavy atom. The second-order valence-corrected chi connectivity index (χ2v) is 8.56. The Balaban J connectivity index is 1.56. The van der Waals surface area contributed by atoms with Gasteiger partial charge in [0.15, 0.2) is 17.3 Å². The van der Waals surface area contributed by atoms with Gasteiger partial charge < -0.3 is 24.8 Å². The summed E-state index contributed by atoms with van der Waals surface area (Å²) in [6, 6.07) is 21.6. The van der Waals surface area contributed by atoms with E-state index in [1.165, 1.54) is 0 Å². The number of anilines is 2. The van der Waals surface area contributed by atoms with Gasteiger partial charge in [0.1, 0.15) is 5.75 Å². The first-order valence-corrected chi connectivity index (χ1v) is 11.4. The highest BCUT2D eigenvalue weighted by Gasteiger charge is 2.36. The van der Waals surface area contributed by atoms with Crippen LogP contribution in [0.15, 0.2) is 78.0 Å². The number of carbonyl (C=O) groups is 1. The maximum Gasteiger partial charge on any atom is 0.163 e. The van der Waals surface area contributed by atoms with E-state index in [-0.39, 0.29) is 17.7 Å². The van der Waals surface area contributed by atoms with Crippen LogP contribution in [0.25, 0.3) is 0 Å². The van der Waals surface area contributed by atoms with Gasteiger partial charge in [0, 0.05) is 17.7 Å². The highest BCUT2D eigenvalue weighted by atomic mass is 16.5. The van der Waals surface area contributed by atoms with Gasteiger partial charge in [0.25, 0.3) is 0 Å². The van der Waals surface area contributed by atoms with E-state index in [4.69, 9.17) is 14.2 Å². The number of ether oxygens (including phenoxy) is 3. The third-order valence-electron chi connectivity index (χ3n) is 6.64. The van der Waals surface area contributed by atoms with Crippen molar-refractivity contribution in [2.24, 2.45) is 0 Å². The molecule has 0 amide bonds. The van der Waals surface area contributed by atoms with E-state index in [1.807, 2.05) is 66.7 Å². The van der Waals surface area contributed by atoms with E-state index >= 15 is 0 Å². The molecule has 0 saturated carbocycles. The first-order valence-electron chi connectivity index (χ1n) is 11.4. The number of benzene rings is 3. The molecule has 2 unspecified atom stereocenters. The Hall–Kier alpha value is -3.93. The fourth-order valence-corrected chi connectivity index (χ4v) is 4.88. The molecule has 3 aromatic carbocycles. The van der Waals surface area contributed by atoms with Gasteiger partial charge in [-0.1, -0.05) is 30.3 Å². The third kappa shape index (κ3) is 3.96. The molecule has 1 heterocycles. The fourth-order valence-electron chi connectivity index (χ4n) is 4.88. The molecule has 0 bridgehead atoms. The van der Waals surface area contributed by atoms with Gasteiger partial charge in [-0.05, 0) is 59.9 Å². The van der Waals surface area contributed by atoms with Crippen LogP contribution in [0.1, 0.15) is 35.9 Å². The Labute approximate surface area is 199 Å². The topological polar surface area (TPSA) is 68.8 Å². The number of hydrogen-bond acceptors (Lipinski definition) is 6. The molecule has 174 valence electrons. The van der Waals surface area contributed by atoms with Crippen LogP contribution in [0.4, 0.5) is 11.4 Å². The zero-order valence-corrected chi connectivity index (χ0v) is 19.6. The van der Waals surface area contributed by atoms with Crippen molar-refractivity contribution in [2.75, 3.05) is 32.0 Å². The van der Waals surface area contributed by atoms with E-state index < -0.39 is 0 Å². The molecule has 0 radical (unpaired) electrons. The van der Waals surface area contributed by atoms with Crippen LogP contribution in [-0.2, 0) is 4.79 Å². The predicted molar refractivity (Wildman–Crippen MR) is 133 cm³/mol. The van der Waals surface area contributed by atoms with E-state index in [0.29, 0.717) is 17.9 Å². The van der Waals surface area contributed by atoms with Crippen LogP contribution >= 0.6 is 0 Å². The number of nitrogens with one attached hydrogen (secondary N) is 2. The SMILES string of the molecule is COc1ccc(C2Nc3ccccc3NC3=C2C(=O)CC(c2ccc(OC)c(OC)c2)C3)cc1. The summed E-state index contributed by atoms with van der Waals surface area (Å²) in [5.74, 6) is 2.31. The lowest BCUT2D eigenvalue weighted by Gasteiger charge is -2.30. The highest BCUT2D eigenvalue weighted by Crippen LogP contribution is 2.45. The molecule has 1 aliphatic heterocycles. The number of hydrogen-bond donors (Lipinski definition) is 2. The second kappa shape index (κ2) is 9.14. The minimum absolute atomic E-state index is 0.0420. The lowest BCUT2D eigenvalue weighted by atomic mass is 9.78.